The van der Waals surface area contributed by atoms with Gasteiger partial charge in [0.1, 0.15) is 5.75 Å². The number of rotatable bonds is 6. The summed E-state index contributed by atoms with van der Waals surface area (Å²) in [4.78, 5) is 28.2. The number of hydrogen-bond acceptors (Lipinski definition) is 4. The van der Waals surface area contributed by atoms with Crippen LogP contribution in [0.3, 0.4) is 0 Å². The molecule has 7 heteroatoms. The van der Waals surface area contributed by atoms with Crippen LogP contribution in [0.2, 0.25) is 0 Å². The summed E-state index contributed by atoms with van der Waals surface area (Å²) >= 11 is 0. The number of nitrogens with two attached hydrogens (primary N) is 1. The molecule has 1 fully saturated rings. The molecule has 1 aromatic rings. The number of hydrogen-bond donors (Lipinski definition) is 1. The molecule has 0 bridgehead atoms. The molecule has 6 nitrogen and oxygen atoms in total. The number of nitrogens with zero attached hydrogens (tertiary/aromatic N) is 2. The highest BCUT2D eigenvalue weighted by Crippen LogP contribution is 2.14. The van der Waals surface area contributed by atoms with E-state index in [9.17, 15) is 9.59 Å². The molecule has 140 valence electrons. The lowest BCUT2D eigenvalue weighted by molar-refractivity contribution is -0.140. The van der Waals surface area contributed by atoms with Crippen molar-refractivity contribution in [3.05, 3.63) is 29.8 Å². The Balaban J connectivity index is 0.00000312. The van der Waals surface area contributed by atoms with Crippen molar-refractivity contribution in [3.63, 3.8) is 0 Å². The predicted molar refractivity (Wildman–Crippen MR) is 100.0 cm³/mol. The molecule has 0 saturated carbocycles. The van der Waals surface area contributed by atoms with Gasteiger partial charge >= 0.3 is 0 Å². The van der Waals surface area contributed by atoms with Crippen molar-refractivity contribution in [2.24, 2.45) is 5.73 Å². The van der Waals surface area contributed by atoms with Crippen LogP contribution >= 0.6 is 12.4 Å². The van der Waals surface area contributed by atoms with Crippen LogP contribution in [-0.4, -0.2) is 60.9 Å². The molecule has 0 spiro atoms. The molecule has 2 amide bonds. The van der Waals surface area contributed by atoms with E-state index >= 15 is 0 Å². The highest BCUT2D eigenvalue weighted by atomic mass is 35.5. The van der Waals surface area contributed by atoms with Gasteiger partial charge in [0, 0.05) is 26.2 Å². The number of carbonyl (C=O) groups is 2. The number of halogens is 1. The Hall–Kier alpha value is -1.79. The maximum atomic E-state index is 12.4. The quantitative estimate of drug-likeness (QED) is 0.823. The lowest BCUT2D eigenvalue weighted by Crippen LogP contribution is -2.54. The molecule has 25 heavy (non-hydrogen) atoms. The Morgan fingerprint density at radius 3 is 2.44 bits per heavy atom. The third kappa shape index (κ3) is 5.90. The molecular formula is C18H28ClN3O3. The van der Waals surface area contributed by atoms with Gasteiger partial charge in [-0.2, -0.15) is 0 Å². The second kappa shape index (κ2) is 10.3. The van der Waals surface area contributed by atoms with Gasteiger partial charge in [-0.05, 0) is 24.1 Å². The molecular weight excluding hydrogens is 342 g/mol. The predicted octanol–water partition coefficient (Wildman–Crippen LogP) is 1.46. The first-order chi connectivity index (χ1) is 11.5. The van der Waals surface area contributed by atoms with Crippen LogP contribution in [0.25, 0.3) is 0 Å². The first-order valence-electron chi connectivity index (χ1n) is 8.50. The average Bonchev–Trinajstić information content (AvgIpc) is 2.61. The summed E-state index contributed by atoms with van der Waals surface area (Å²) in [7, 11) is 1.61. The third-order valence-electron chi connectivity index (χ3n) is 4.35. The lowest BCUT2D eigenvalue weighted by atomic mass is 10.1. The third-order valence-corrected chi connectivity index (χ3v) is 4.35. The fraction of sp³-hybridized carbons (Fsp3) is 0.556. The minimum atomic E-state index is -0.422. The molecule has 1 saturated heterocycles. The fourth-order valence-electron chi connectivity index (χ4n) is 2.91. The Bertz CT molecular complexity index is 574. The van der Waals surface area contributed by atoms with Crippen LogP contribution in [-0.2, 0) is 16.0 Å². The summed E-state index contributed by atoms with van der Waals surface area (Å²) in [5, 5.41) is 0. The van der Waals surface area contributed by atoms with Gasteiger partial charge in [0.2, 0.25) is 11.8 Å². The largest absolute Gasteiger partial charge is 0.497 e. The van der Waals surface area contributed by atoms with Crippen molar-refractivity contribution in [2.75, 3.05) is 33.3 Å². The van der Waals surface area contributed by atoms with Gasteiger partial charge in [0.15, 0.2) is 0 Å². The number of piperazine rings is 1. The standard InChI is InChI=1S/C18H27N3O3.ClH/c1-3-5-16(19)18(23)21-10-8-20(9-11-21)17(22)13-14-6-4-7-15(12-14)24-2;/h4,6-7,12,16H,3,5,8-11,13,19H2,1-2H3;1H. The van der Waals surface area contributed by atoms with Crippen LogP contribution in [0, 0.1) is 0 Å². The second-order valence-electron chi connectivity index (χ2n) is 6.13. The molecule has 1 aliphatic rings. The smallest absolute Gasteiger partial charge is 0.239 e. The molecule has 0 aromatic heterocycles. The van der Waals surface area contributed by atoms with Gasteiger partial charge in [0.05, 0.1) is 19.6 Å². The summed E-state index contributed by atoms with van der Waals surface area (Å²) in [6.45, 7) is 4.25. The molecule has 0 aliphatic carbocycles. The van der Waals surface area contributed by atoms with Crippen molar-refractivity contribution in [2.45, 2.75) is 32.2 Å². The van der Waals surface area contributed by atoms with Crippen LogP contribution in [0.15, 0.2) is 24.3 Å². The zero-order chi connectivity index (χ0) is 17.5. The summed E-state index contributed by atoms with van der Waals surface area (Å²) in [5.41, 5.74) is 6.83. The summed E-state index contributed by atoms with van der Waals surface area (Å²) in [5.74, 6) is 0.825. The molecule has 1 aliphatic heterocycles. The maximum Gasteiger partial charge on any atom is 0.239 e. The number of benzene rings is 1. The van der Waals surface area contributed by atoms with Gasteiger partial charge < -0.3 is 20.3 Å². The minimum Gasteiger partial charge on any atom is -0.497 e. The number of methoxy groups -OCH3 is 1. The summed E-state index contributed by atoms with van der Waals surface area (Å²) in [6, 6.07) is 7.12. The van der Waals surface area contributed by atoms with E-state index in [1.54, 1.807) is 12.0 Å². The Morgan fingerprint density at radius 2 is 1.84 bits per heavy atom. The van der Waals surface area contributed by atoms with Gasteiger partial charge in [-0.15, -0.1) is 12.4 Å². The zero-order valence-corrected chi connectivity index (χ0v) is 15.8. The van der Waals surface area contributed by atoms with Crippen LogP contribution in [0.1, 0.15) is 25.3 Å². The second-order valence-corrected chi connectivity index (χ2v) is 6.13. The average molecular weight is 370 g/mol. The molecule has 1 unspecified atom stereocenters. The maximum absolute atomic E-state index is 12.4. The molecule has 1 aromatic carbocycles. The van der Waals surface area contributed by atoms with E-state index in [-0.39, 0.29) is 24.2 Å². The number of carbonyl (C=O) groups excluding carboxylic acids is 2. The van der Waals surface area contributed by atoms with Crippen molar-refractivity contribution in [1.82, 2.24) is 9.80 Å². The van der Waals surface area contributed by atoms with Crippen LogP contribution < -0.4 is 10.5 Å². The monoisotopic (exact) mass is 369 g/mol. The van der Waals surface area contributed by atoms with E-state index in [1.165, 1.54) is 0 Å². The molecule has 0 radical (unpaired) electrons. The van der Waals surface area contributed by atoms with Crippen molar-refractivity contribution < 1.29 is 14.3 Å². The van der Waals surface area contributed by atoms with Gasteiger partial charge in [0.25, 0.3) is 0 Å². The lowest BCUT2D eigenvalue weighted by Gasteiger charge is -2.36. The summed E-state index contributed by atoms with van der Waals surface area (Å²) < 4.78 is 5.18. The highest BCUT2D eigenvalue weighted by molar-refractivity contribution is 5.85. The molecule has 1 heterocycles. The SMILES string of the molecule is CCCC(N)C(=O)N1CCN(C(=O)Cc2cccc(OC)c2)CC1.Cl. The molecule has 2 rings (SSSR count). The van der Waals surface area contributed by atoms with Gasteiger partial charge in [-0.3, -0.25) is 9.59 Å². The van der Waals surface area contributed by atoms with Crippen molar-refractivity contribution >= 4 is 24.2 Å². The van der Waals surface area contributed by atoms with Crippen LogP contribution in [0.5, 0.6) is 5.75 Å². The minimum absolute atomic E-state index is 0. The first-order valence-corrected chi connectivity index (χ1v) is 8.50. The van der Waals surface area contributed by atoms with E-state index in [0.717, 1.165) is 17.7 Å². The highest BCUT2D eigenvalue weighted by Gasteiger charge is 2.26. The topological polar surface area (TPSA) is 75.9 Å². The number of ether oxygens (including phenoxy) is 1. The van der Waals surface area contributed by atoms with Gasteiger partial charge in [-0.1, -0.05) is 25.5 Å². The molecule has 1 atom stereocenters. The fourth-order valence-corrected chi connectivity index (χ4v) is 2.91. The van der Waals surface area contributed by atoms with E-state index in [1.807, 2.05) is 36.1 Å². The van der Waals surface area contributed by atoms with E-state index < -0.39 is 6.04 Å². The van der Waals surface area contributed by atoms with Crippen molar-refractivity contribution in [1.29, 1.82) is 0 Å². The van der Waals surface area contributed by atoms with Crippen LogP contribution in [0.4, 0.5) is 0 Å². The van der Waals surface area contributed by atoms with E-state index in [4.69, 9.17) is 10.5 Å². The van der Waals surface area contributed by atoms with Gasteiger partial charge in [-0.25, -0.2) is 0 Å². The Kier molecular flexibility index (Phi) is 8.72. The Labute approximate surface area is 155 Å². The summed E-state index contributed by atoms with van der Waals surface area (Å²) in [6.07, 6.45) is 1.94. The molecule has 2 N–H and O–H groups in total. The normalized spacial score (nSPS) is 15.3. The number of amides is 2. The first kappa shape index (κ1) is 21.3. The Morgan fingerprint density at radius 1 is 1.20 bits per heavy atom. The van der Waals surface area contributed by atoms with E-state index in [2.05, 4.69) is 0 Å². The van der Waals surface area contributed by atoms with E-state index in [0.29, 0.717) is 39.0 Å². The van der Waals surface area contributed by atoms with Crippen molar-refractivity contribution in [3.8, 4) is 5.75 Å². The zero-order valence-electron chi connectivity index (χ0n) is 14.9.